The predicted octanol–water partition coefficient (Wildman–Crippen LogP) is 1.20. The molecule has 0 radical (unpaired) electrons. The van der Waals surface area contributed by atoms with E-state index in [9.17, 15) is 8.42 Å². The maximum atomic E-state index is 11.6. The Morgan fingerprint density at radius 1 is 1.50 bits per heavy atom. The van der Waals surface area contributed by atoms with Crippen LogP contribution in [0.3, 0.4) is 0 Å². The first-order valence-electron chi connectivity index (χ1n) is 6.40. The second kappa shape index (κ2) is 6.30. The molecule has 1 fully saturated rings. The van der Waals surface area contributed by atoms with Crippen LogP contribution in [0.4, 0.5) is 0 Å². The van der Waals surface area contributed by atoms with Crippen LogP contribution in [-0.2, 0) is 9.84 Å². The van der Waals surface area contributed by atoms with E-state index >= 15 is 0 Å². The SMILES string of the molecule is CC(CN(C)C1CCCC(S(C)(=O)=O)C1)C(N)=S. The van der Waals surface area contributed by atoms with Gasteiger partial charge in [0, 0.05) is 24.8 Å². The van der Waals surface area contributed by atoms with E-state index < -0.39 is 9.84 Å². The predicted molar refractivity (Wildman–Crippen MR) is 79.5 cm³/mol. The summed E-state index contributed by atoms with van der Waals surface area (Å²) >= 11 is 4.98. The molecule has 18 heavy (non-hydrogen) atoms. The maximum absolute atomic E-state index is 11.6. The first-order chi connectivity index (χ1) is 8.21. The van der Waals surface area contributed by atoms with Crippen molar-refractivity contribution in [1.29, 1.82) is 0 Å². The van der Waals surface area contributed by atoms with Crippen molar-refractivity contribution < 1.29 is 8.42 Å². The summed E-state index contributed by atoms with van der Waals surface area (Å²) in [4.78, 5) is 2.73. The van der Waals surface area contributed by atoms with Gasteiger partial charge >= 0.3 is 0 Å². The molecule has 2 N–H and O–H groups in total. The first kappa shape index (κ1) is 15.9. The minimum absolute atomic E-state index is 0.170. The zero-order valence-electron chi connectivity index (χ0n) is 11.4. The highest BCUT2D eigenvalue weighted by molar-refractivity contribution is 7.91. The molecule has 0 heterocycles. The Labute approximate surface area is 116 Å². The number of hydrogen-bond acceptors (Lipinski definition) is 4. The Balaban J connectivity index is 2.58. The minimum Gasteiger partial charge on any atom is -0.393 e. The standard InChI is InChI=1S/C12H24N2O2S2/c1-9(12(13)17)8-14(2)10-5-4-6-11(7-10)18(3,15)16/h9-11H,4-8H2,1-3H3,(H2,13,17). The fourth-order valence-electron chi connectivity index (χ4n) is 2.58. The molecule has 0 bridgehead atoms. The Morgan fingerprint density at radius 3 is 2.61 bits per heavy atom. The largest absolute Gasteiger partial charge is 0.393 e. The molecule has 1 aliphatic rings. The van der Waals surface area contributed by atoms with Gasteiger partial charge in [-0.2, -0.15) is 0 Å². The molecule has 3 unspecified atom stereocenters. The van der Waals surface area contributed by atoms with Gasteiger partial charge in [-0.25, -0.2) is 8.42 Å². The molecule has 0 spiro atoms. The third-order valence-corrected chi connectivity index (χ3v) is 5.92. The van der Waals surface area contributed by atoms with Crippen molar-refractivity contribution in [3.05, 3.63) is 0 Å². The van der Waals surface area contributed by atoms with E-state index in [1.54, 1.807) is 0 Å². The van der Waals surface area contributed by atoms with Gasteiger partial charge in [0.05, 0.1) is 10.2 Å². The van der Waals surface area contributed by atoms with E-state index in [2.05, 4.69) is 4.90 Å². The average molecular weight is 292 g/mol. The molecule has 1 saturated carbocycles. The van der Waals surface area contributed by atoms with Crippen molar-refractivity contribution in [3.63, 3.8) is 0 Å². The molecule has 4 nitrogen and oxygen atoms in total. The Bertz CT molecular complexity index is 395. The number of rotatable bonds is 5. The molecule has 0 aromatic heterocycles. The van der Waals surface area contributed by atoms with Crippen LogP contribution in [0.2, 0.25) is 0 Å². The van der Waals surface area contributed by atoms with Crippen LogP contribution in [0.5, 0.6) is 0 Å². The number of nitrogens with zero attached hydrogens (tertiary/aromatic N) is 1. The summed E-state index contributed by atoms with van der Waals surface area (Å²) in [5.41, 5.74) is 5.62. The highest BCUT2D eigenvalue weighted by atomic mass is 32.2. The van der Waals surface area contributed by atoms with E-state index in [1.807, 2.05) is 14.0 Å². The summed E-state index contributed by atoms with van der Waals surface area (Å²) in [7, 11) is -0.882. The Kier molecular flexibility index (Phi) is 5.55. The first-order valence-corrected chi connectivity index (χ1v) is 8.76. The molecule has 0 aromatic rings. The Morgan fingerprint density at radius 2 is 2.11 bits per heavy atom. The molecule has 1 rings (SSSR count). The normalized spacial score (nSPS) is 27.1. The lowest BCUT2D eigenvalue weighted by molar-refractivity contribution is 0.184. The quantitative estimate of drug-likeness (QED) is 0.771. The Hall–Kier alpha value is -0.200. The van der Waals surface area contributed by atoms with Crippen LogP contribution in [0, 0.1) is 5.92 Å². The van der Waals surface area contributed by atoms with Crippen molar-refractivity contribution in [2.75, 3.05) is 19.8 Å². The van der Waals surface area contributed by atoms with E-state index in [0.29, 0.717) is 11.0 Å². The zero-order valence-corrected chi connectivity index (χ0v) is 13.1. The van der Waals surface area contributed by atoms with Crippen LogP contribution in [-0.4, -0.2) is 49.4 Å². The van der Waals surface area contributed by atoms with Crippen LogP contribution >= 0.6 is 12.2 Å². The highest BCUT2D eigenvalue weighted by Gasteiger charge is 2.31. The summed E-state index contributed by atoms with van der Waals surface area (Å²) in [5.74, 6) is 0.170. The number of sulfone groups is 1. The fourth-order valence-corrected chi connectivity index (χ4v) is 3.82. The van der Waals surface area contributed by atoms with Crippen LogP contribution in [0.15, 0.2) is 0 Å². The summed E-state index contributed by atoms with van der Waals surface area (Å²) in [6, 6.07) is 0.329. The lowest BCUT2D eigenvalue weighted by atomic mass is 9.93. The minimum atomic E-state index is -2.91. The molecule has 106 valence electrons. The topological polar surface area (TPSA) is 63.4 Å². The van der Waals surface area contributed by atoms with Gasteiger partial charge in [-0.1, -0.05) is 25.6 Å². The highest BCUT2D eigenvalue weighted by Crippen LogP contribution is 2.27. The van der Waals surface area contributed by atoms with E-state index in [0.717, 1.165) is 32.2 Å². The lowest BCUT2D eigenvalue weighted by Gasteiger charge is -2.35. The van der Waals surface area contributed by atoms with Gasteiger partial charge in [0.15, 0.2) is 0 Å². The van der Waals surface area contributed by atoms with Gasteiger partial charge in [0.1, 0.15) is 9.84 Å². The van der Waals surface area contributed by atoms with Crippen molar-refractivity contribution in [3.8, 4) is 0 Å². The number of thiocarbonyl (C=S) groups is 1. The molecule has 0 saturated heterocycles. The van der Waals surface area contributed by atoms with Crippen molar-refractivity contribution in [2.24, 2.45) is 11.7 Å². The average Bonchev–Trinajstić information content (AvgIpc) is 2.27. The summed E-state index contributed by atoms with van der Waals surface area (Å²) in [6.07, 6.45) is 4.92. The molecule has 6 heteroatoms. The lowest BCUT2D eigenvalue weighted by Crippen LogP contribution is -2.43. The van der Waals surface area contributed by atoms with Gasteiger partial charge < -0.3 is 10.6 Å². The molecule has 0 aromatic carbocycles. The monoisotopic (exact) mass is 292 g/mol. The van der Waals surface area contributed by atoms with Gasteiger partial charge in [-0.05, 0) is 26.3 Å². The van der Waals surface area contributed by atoms with Crippen molar-refractivity contribution >= 4 is 27.0 Å². The molecule has 1 aliphatic carbocycles. The number of nitrogens with two attached hydrogens (primary N) is 1. The van der Waals surface area contributed by atoms with Gasteiger partial charge in [0.25, 0.3) is 0 Å². The van der Waals surface area contributed by atoms with Crippen LogP contribution in [0.1, 0.15) is 32.6 Å². The van der Waals surface area contributed by atoms with E-state index in [1.165, 1.54) is 6.26 Å². The second-order valence-corrected chi connectivity index (χ2v) is 8.31. The smallest absolute Gasteiger partial charge is 0.150 e. The van der Waals surface area contributed by atoms with Gasteiger partial charge in [-0.15, -0.1) is 0 Å². The van der Waals surface area contributed by atoms with Crippen molar-refractivity contribution in [2.45, 2.75) is 43.9 Å². The molecular weight excluding hydrogens is 268 g/mol. The molecular formula is C12H24N2O2S2. The molecule has 3 atom stereocenters. The summed E-state index contributed by atoms with van der Waals surface area (Å²) in [6.45, 7) is 2.81. The van der Waals surface area contributed by atoms with Crippen LogP contribution in [0.25, 0.3) is 0 Å². The fraction of sp³-hybridized carbons (Fsp3) is 0.917. The summed E-state index contributed by atoms with van der Waals surface area (Å²) in [5, 5.41) is -0.182. The zero-order chi connectivity index (χ0) is 13.9. The summed E-state index contributed by atoms with van der Waals surface area (Å²) < 4.78 is 23.3. The van der Waals surface area contributed by atoms with E-state index in [4.69, 9.17) is 18.0 Å². The maximum Gasteiger partial charge on any atom is 0.150 e. The van der Waals surface area contributed by atoms with E-state index in [-0.39, 0.29) is 11.2 Å². The van der Waals surface area contributed by atoms with Crippen LogP contribution < -0.4 is 5.73 Å². The third kappa shape index (κ3) is 4.48. The van der Waals surface area contributed by atoms with Gasteiger partial charge in [-0.3, -0.25) is 0 Å². The third-order valence-electron chi connectivity index (χ3n) is 3.87. The van der Waals surface area contributed by atoms with Crippen molar-refractivity contribution in [1.82, 2.24) is 4.90 Å². The second-order valence-electron chi connectivity index (χ2n) is 5.51. The number of hydrogen-bond donors (Lipinski definition) is 1. The molecule has 0 amide bonds. The van der Waals surface area contributed by atoms with Gasteiger partial charge in [0.2, 0.25) is 0 Å². The molecule has 0 aliphatic heterocycles.